The Hall–Kier alpha value is -4.68. The van der Waals surface area contributed by atoms with Crippen molar-refractivity contribution in [2.24, 2.45) is 0 Å². The van der Waals surface area contributed by atoms with Gasteiger partial charge in [0.2, 0.25) is 0 Å². The van der Waals surface area contributed by atoms with E-state index in [1.165, 1.54) is 74.1 Å². The Balaban J connectivity index is 1.20. The first-order valence-corrected chi connectivity index (χ1v) is 15.4. The smallest absolute Gasteiger partial charge is 0.0850 e. The molecule has 0 bridgehead atoms. The van der Waals surface area contributed by atoms with Gasteiger partial charge in [-0.25, -0.2) is 0 Å². The average molecular weight is 557 g/mol. The third-order valence-electron chi connectivity index (χ3n) is 8.03. The zero-order valence-electron chi connectivity index (χ0n) is 22.4. The number of benzene rings is 6. The SMILES string of the molecule is C#Cc1sc2ccc(-c3ccc4cc5cc(-c6ccc7sc8ccccc8c7c6)ccc5cc4c3)cc2c1/C=C\C. The van der Waals surface area contributed by atoms with Gasteiger partial charge in [0.25, 0.3) is 0 Å². The van der Waals surface area contributed by atoms with Gasteiger partial charge in [-0.2, -0.15) is 0 Å². The molecule has 0 unspecified atom stereocenters. The summed E-state index contributed by atoms with van der Waals surface area (Å²) in [6, 6.07) is 40.5. The van der Waals surface area contributed by atoms with Gasteiger partial charge in [-0.05, 0) is 105 Å². The fraction of sp³-hybridized carbons (Fsp3) is 0.0256. The zero-order valence-corrected chi connectivity index (χ0v) is 24.1. The van der Waals surface area contributed by atoms with E-state index in [1.807, 2.05) is 18.3 Å². The highest BCUT2D eigenvalue weighted by atomic mass is 32.1. The van der Waals surface area contributed by atoms with E-state index >= 15 is 0 Å². The van der Waals surface area contributed by atoms with Crippen molar-refractivity contribution in [3.05, 3.63) is 126 Å². The van der Waals surface area contributed by atoms with Crippen molar-refractivity contribution in [3.63, 3.8) is 0 Å². The lowest BCUT2D eigenvalue weighted by atomic mass is 9.95. The summed E-state index contributed by atoms with van der Waals surface area (Å²) in [4.78, 5) is 0.989. The topological polar surface area (TPSA) is 0 Å². The summed E-state index contributed by atoms with van der Waals surface area (Å²) in [5.74, 6) is 2.87. The standard InChI is InChI=1S/C39H24S2/c1-3-7-32-34-22-28(14-16-38(34)40-36(32)4-2)24-10-12-26-21-31-19-25(11-13-27(31)20-30(26)18-24)29-15-17-39-35(23-29)33-8-5-6-9-37(33)41-39/h2-3,5-23H,1H3/b7-3-. The van der Waals surface area contributed by atoms with Gasteiger partial charge < -0.3 is 0 Å². The minimum absolute atomic E-state index is 0.989. The Morgan fingerprint density at radius 2 is 1.10 bits per heavy atom. The lowest BCUT2D eigenvalue weighted by Crippen LogP contribution is -1.83. The maximum atomic E-state index is 5.81. The molecule has 0 N–H and O–H groups in total. The van der Waals surface area contributed by atoms with Crippen molar-refractivity contribution in [2.45, 2.75) is 6.92 Å². The molecule has 0 fully saturated rings. The number of thiophene rings is 2. The molecule has 8 rings (SSSR count). The summed E-state index contributed by atoms with van der Waals surface area (Å²) >= 11 is 3.55. The maximum Gasteiger partial charge on any atom is 0.0850 e. The summed E-state index contributed by atoms with van der Waals surface area (Å²) in [6.45, 7) is 2.04. The molecule has 8 aromatic rings. The van der Waals surface area contributed by atoms with Gasteiger partial charge >= 0.3 is 0 Å². The van der Waals surface area contributed by atoms with Gasteiger partial charge in [0.1, 0.15) is 0 Å². The second-order valence-electron chi connectivity index (χ2n) is 10.5. The molecule has 0 atom stereocenters. The third kappa shape index (κ3) is 3.98. The summed E-state index contributed by atoms with van der Waals surface area (Å²) in [7, 11) is 0. The first-order valence-electron chi connectivity index (χ1n) is 13.7. The molecule has 0 nitrogen and oxygen atoms in total. The number of allylic oxidation sites excluding steroid dienone is 1. The van der Waals surface area contributed by atoms with Crippen molar-refractivity contribution >= 4 is 80.6 Å². The fourth-order valence-electron chi connectivity index (χ4n) is 6.00. The van der Waals surface area contributed by atoms with Crippen molar-refractivity contribution in [1.29, 1.82) is 0 Å². The van der Waals surface area contributed by atoms with Crippen molar-refractivity contribution in [2.75, 3.05) is 0 Å². The predicted octanol–water partition coefficient (Wildman–Crippen LogP) is 11.9. The number of fused-ring (bicyclic) bond motifs is 6. The number of rotatable bonds is 3. The van der Waals surface area contributed by atoms with E-state index in [0.29, 0.717) is 0 Å². The third-order valence-corrected chi connectivity index (χ3v) is 10.3. The molecule has 0 radical (unpaired) electrons. The van der Waals surface area contributed by atoms with Crippen LogP contribution in [-0.2, 0) is 0 Å². The van der Waals surface area contributed by atoms with E-state index in [2.05, 4.69) is 127 Å². The number of hydrogen-bond acceptors (Lipinski definition) is 2. The fourth-order valence-corrected chi connectivity index (χ4v) is 8.07. The molecule has 2 heteroatoms. The highest BCUT2D eigenvalue weighted by Crippen LogP contribution is 2.38. The minimum atomic E-state index is 0.989. The van der Waals surface area contributed by atoms with E-state index in [1.54, 1.807) is 11.3 Å². The van der Waals surface area contributed by atoms with Crippen LogP contribution in [0.15, 0.2) is 115 Å². The van der Waals surface area contributed by atoms with Crippen LogP contribution >= 0.6 is 22.7 Å². The Bertz CT molecular complexity index is 2390. The summed E-state index contributed by atoms with van der Waals surface area (Å²) in [5.41, 5.74) is 6.07. The Morgan fingerprint density at radius 3 is 1.76 bits per heavy atom. The van der Waals surface area contributed by atoms with E-state index in [-0.39, 0.29) is 0 Å². The molecular formula is C39H24S2. The first-order chi connectivity index (χ1) is 20.2. The molecule has 6 aromatic carbocycles. The molecule has 41 heavy (non-hydrogen) atoms. The summed E-state index contributed by atoms with van der Waals surface area (Å²) in [5, 5.41) is 8.90. The largest absolute Gasteiger partial charge is 0.135 e. The molecule has 0 aliphatic carbocycles. The highest BCUT2D eigenvalue weighted by molar-refractivity contribution is 7.25. The van der Waals surface area contributed by atoms with Crippen molar-refractivity contribution in [1.82, 2.24) is 0 Å². The predicted molar refractivity (Wildman–Crippen MR) is 183 cm³/mol. The Labute approximate surface area is 246 Å². The van der Waals surface area contributed by atoms with Crippen LogP contribution in [0.3, 0.4) is 0 Å². The first kappa shape index (κ1) is 24.1. The second-order valence-corrected chi connectivity index (χ2v) is 12.6. The quantitative estimate of drug-likeness (QED) is 0.150. The highest BCUT2D eigenvalue weighted by Gasteiger charge is 2.11. The summed E-state index contributed by atoms with van der Waals surface area (Å²) < 4.78 is 3.91. The van der Waals surface area contributed by atoms with E-state index < -0.39 is 0 Å². The molecular weight excluding hydrogens is 533 g/mol. The van der Waals surface area contributed by atoms with Crippen LogP contribution in [0.4, 0.5) is 0 Å². The van der Waals surface area contributed by atoms with Gasteiger partial charge in [-0.15, -0.1) is 29.1 Å². The molecule has 2 aromatic heterocycles. The van der Waals surface area contributed by atoms with Crippen molar-refractivity contribution in [3.8, 4) is 34.6 Å². The molecule has 0 saturated heterocycles. The molecule has 192 valence electrons. The van der Waals surface area contributed by atoms with Crippen LogP contribution in [0.25, 0.3) is 80.1 Å². The lowest BCUT2D eigenvalue weighted by Gasteiger charge is -2.09. The van der Waals surface area contributed by atoms with Crippen LogP contribution in [0.2, 0.25) is 0 Å². The average Bonchev–Trinajstić information content (AvgIpc) is 3.56. The van der Waals surface area contributed by atoms with Crippen LogP contribution in [0.5, 0.6) is 0 Å². The van der Waals surface area contributed by atoms with Crippen LogP contribution < -0.4 is 0 Å². The number of terminal acetylenes is 1. The Morgan fingerprint density at radius 1 is 0.537 bits per heavy atom. The molecule has 0 amide bonds. The summed E-state index contributed by atoms with van der Waals surface area (Å²) in [6.07, 6.45) is 9.99. The van der Waals surface area contributed by atoms with Gasteiger partial charge in [-0.3, -0.25) is 0 Å². The molecule has 0 spiro atoms. The maximum absolute atomic E-state index is 5.81. The van der Waals surface area contributed by atoms with Crippen LogP contribution in [-0.4, -0.2) is 0 Å². The van der Waals surface area contributed by atoms with Gasteiger partial charge in [0.15, 0.2) is 0 Å². The molecule has 2 heterocycles. The lowest BCUT2D eigenvalue weighted by molar-refractivity contribution is 1.68. The van der Waals surface area contributed by atoms with E-state index in [9.17, 15) is 0 Å². The minimum Gasteiger partial charge on any atom is -0.135 e. The molecule has 0 aliphatic rings. The van der Waals surface area contributed by atoms with Crippen molar-refractivity contribution < 1.29 is 0 Å². The van der Waals surface area contributed by atoms with Crippen LogP contribution in [0, 0.1) is 12.3 Å². The van der Waals surface area contributed by atoms with E-state index in [0.717, 1.165) is 10.4 Å². The normalized spacial score (nSPS) is 11.9. The van der Waals surface area contributed by atoms with Gasteiger partial charge in [0, 0.05) is 35.8 Å². The van der Waals surface area contributed by atoms with E-state index in [4.69, 9.17) is 6.42 Å². The zero-order chi connectivity index (χ0) is 27.5. The van der Waals surface area contributed by atoms with Crippen LogP contribution in [0.1, 0.15) is 17.4 Å². The molecule has 0 saturated carbocycles. The number of hydrogen-bond donors (Lipinski definition) is 0. The monoisotopic (exact) mass is 556 g/mol. The second kappa shape index (κ2) is 9.46. The Kier molecular flexibility index (Phi) is 5.57. The van der Waals surface area contributed by atoms with Gasteiger partial charge in [0.05, 0.1) is 4.88 Å². The molecule has 0 aliphatic heterocycles. The van der Waals surface area contributed by atoms with Gasteiger partial charge in [-0.1, -0.05) is 72.7 Å².